The SMILES string of the molecule is CCCc1nnsc1C(=O)NCC[C@@H](O)C(C)(C)C. The zero-order valence-electron chi connectivity index (χ0n) is 12.1. The number of aliphatic hydroxyl groups excluding tert-OH is 1. The molecule has 1 atom stereocenters. The lowest BCUT2D eigenvalue weighted by Crippen LogP contribution is -2.32. The molecule has 0 aliphatic carbocycles. The van der Waals surface area contributed by atoms with E-state index in [1.165, 1.54) is 0 Å². The summed E-state index contributed by atoms with van der Waals surface area (Å²) in [5, 5.41) is 16.7. The fraction of sp³-hybridized carbons (Fsp3) is 0.769. The summed E-state index contributed by atoms with van der Waals surface area (Å²) in [6.45, 7) is 8.44. The number of carbonyl (C=O) groups excluding carboxylic acids is 1. The van der Waals surface area contributed by atoms with Crippen LogP contribution in [0.4, 0.5) is 0 Å². The molecule has 0 radical (unpaired) electrons. The Morgan fingerprint density at radius 3 is 2.74 bits per heavy atom. The molecule has 108 valence electrons. The first-order valence-electron chi connectivity index (χ1n) is 6.63. The summed E-state index contributed by atoms with van der Waals surface area (Å²) in [6, 6.07) is 0. The van der Waals surface area contributed by atoms with Crippen LogP contribution < -0.4 is 5.32 Å². The van der Waals surface area contributed by atoms with Gasteiger partial charge in [-0.3, -0.25) is 4.79 Å². The lowest BCUT2D eigenvalue weighted by Gasteiger charge is -2.25. The van der Waals surface area contributed by atoms with Crippen molar-refractivity contribution in [1.82, 2.24) is 14.9 Å². The Morgan fingerprint density at radius 2 is 2.16 bits per heavy atom. The maximum Gasteiger partial charge on any atom is 0.264 e. The molecule has 1 rings (SSSR count). The van der Waals surface area contributed by atoms with Crippen molar-refractivity contribution in [3.05, 3.63) is 10.6 Å². The number of rotatable bonds is 6. The third kappa shape index (κ3) is 4.87. The van der Waals surface area contributed by atoms with E-state index in [0.29, 0.717) is 17.8 Å². The van der Waals surface area contributed by atoms with Gasteiger partial charge < -0.3 is 10.4 Å². The number of aromatic nitrogens is 2. The highest BCUT2D eigenvalue weighted by Crippen LogP contribution is 2.21. The maximum atomic E-state index is 12.0. The summed E-state index contributed by atoms with van der Waals surface area (Å²) < 4.78 is 3.83. The zero-order valence-corrected chi connectivity index (χ0v) is 12.9. The van der Waals surface area contributed by atoms with Crippen LogP contribution in [0.3, 0.4) is 0 Å². The number of hydrogen-bond acceptors (Lipinski definition) is 5. The molecule has 0 aliphatic rings. The second kappa shape index (κ2) is 6.96. The molecule has 0 unspecified atom stereocenters. The topological polar surface area (TPSA) is 75.1 Å². The van der Waals surface area contributed by atoms with E-state index in [4.69, 9.17) is 0 Å². The molecule has 0 saturated heterocycles. The highest BCUT2D eigenvalue weighted by Gasteiger charge is 2.22. The molecule has 0 fully saturated rings. The third-order valence-corrected chi connectivity index (χ3v) is 3.72. The fourth-order valence-corrected chi connectivity index (χ4v) is 2.24. The molecule has 19 heavy (non-hydrogen) atoms. The van der Waals surface area contributed by atoms with Crippen LogP contribution in [0.25, 0.3) is 0 Å². The van der Waals surface area contributed by atoms with Gasteiger partial charge in [0, 0.05) is 6.54 Å². The molecule has 2 N–H and O–H groups in total. The largest absolute Gasteiger partial charge is 0.393 e. The van der Waals surface area contributed by atoms with Crippen molar-refractivity contribution in [2.45, 2.75) is 53.1 Å². The first-order valence-corrected chi connectivity index (χ1v) is 7.41. The molecule has 1 heterocycles. The maximum absolute atomic E-state index is 12.0. The van der Waals surface area contributed by atoms with E-state index < -0.39 is 6.10 Å². The van der Waals surface area contributed by atoms with Gasteiger partial charge in [-0.15, -0.1) is 5.10 Å². The fourth-order valence-electron chi connectivity index (χ4n) is 1.62. The van der Waals surface area contributed by atoms with Gasteiger partial charge in [-0.25, -0.2) is 0 Å². The Morgan fingerprint density at radius 1 is 1.47 bits per heavy atom. The van der Waals surface area contributed by atoms with Gasteiger partial charge >= 0.3 is 0 Å². The van der Waals surface area contributed by atoms with E-state index in [1.807, 2.05) is 27.7 Å². The number of carbonyl (C=O) groups is 1. The van der Waals surface area contributed by atoms with Gasteiger partial charge in [0.15, 0.2) is 0 Å². The number of hydrogen-bond donors (Lipinski definition) is 2. The molecule has 0 saturated carbocycles. The molecule has 1 amide bonds. The van der Waals surface area contributed by atoms with E-state index in [-0.39, 0.29) is 11.3 Å². The highest BCUT2D eigenvalue weighted by atomic mass is 32.1. The van der Waals surface area contributed by atoms with Crippen LogP contribution in [0.5, 0.6) is 0 Å². The molecule has 0 aliphatic heterocycles. The van der Waals surface area contributed by atoms with Gasteiger partial charge in [0.25, 0.3) is 5.91 Å². The van der Waals surface area contributed by atoms with Gasteiger partial charge in [0.2, 0.25) is 0 Å². The predicted octanol–water partition coefficient (Wildman–Crippen LogP) is 2.02. The normalized spacial score (nSPS) is 13.3. The zero-order chi connectivity index (χ0) is 14.5. The minimum atomic E-state index is -0.428. The Bertz CT molecular complexity index is 412. The molecule has 0 bridgehead atoms. The number of nitrogens with zero attached hydrogens (tertiary/aromatic N) is 2. The Balaban J connectivity index is 2.45. The van der Waals surface area contributed by atoms with Crippen molar-refractivity contribution in [2.75, 3.05) is 6.54 Å². The van der Waals surface area contributed by atoms with E-state index >= 15 is 0 Å². The van der Waals surface area contributed by atoms with Gasteiger partial charge in [0.05, 0.1) is 11.8 Å². The van der Waals surface area contributed by atoms with E-state index in [2.05, 4.69) is 14.9 Å². The van der Waals surface area contributed by atoms with Gasteiger partial charge in [-0.2, -0.15) is 0 Å². The quantitative estimate of drug-likeness (QED) is 0.838. The van der Waals surface area contributed by atoms with Crippen LogP contribution in [-0.4, -0.2) is 33.2 Å². The van der Waals surface area contributed by atoms with Gasteiger partial charge in [0.1, 0.15) is 4.88 Å². The Kier molecular flexibility index (Phi) is 5.87. The summed E-state index contributed by atoms with van der Waals surface area (Å²) in [5.74, 6) is -0.139. The first kappa shape index (κ1) is 16.0. The summed E-state index contributed by atoms with van der Waals surface area (Å²) in [5.41, 5.74) is 0.603. The molecule has 1 aromatic rings. The standard InChI is InChI=1S/C13H23N3O2S/c1-5-6-9-11(19-16-15-9)12(18)14-8-7-10(17)13(2,3)4/h10,17H,5-8H2,1-4H3,(H,14,18)/t10-/m1/s1. The molecule has 0 spiro atoms. The van der Waals surface area contributed by atoms with Crippen LogP contribution >= 0.6 is 11.5 Å². The van der Waals surface area contributed by atoms with Crippen molar-refractivity contribution >= 4 is 17.4 Å². The molecule has 0 aromatic carbocycles. The number of nitrogens with one attached hydrogen (secondary N) is 1. The van der Waals surface area contributed by atoms with Crippen molar-refractivity contribution in [2.24, 2.45) is 5.41 Å². The second-order valence-corrected chi connectivity index (χ2v) is 6.48. The minimum absolute atomic E-state index is 0.139. The molecular formula is C13H23N3O2S. The number of amides is 1. The van der Waals surface area contributed by atoms with Crippen LogP contribution in [0.2, 0.25) is 0 Å². The lowest BCUT2D eigenvalue weighted by molar-refractivity contribution is 0.0551. The van der Waals surface area contributed by atoms with Crippen molar-refractivity contribution < 1.29 is 9.90 Å². The average molecular weight is 285 g/mol. The van der Waals surface area contributed by atoms with Gasteiger partial charge in [-0.1, -0.05) is 38.6 Å². The summed E-state index contributed by atoms with van der Waals surface area (Å²) >= 11 is 1.13. The van der Waals surface area contributed by atoms with Crippen molar-refractivity contribution in [3.8, 4) is 0 Å². The lowest BCUT2D eigenvalue weighted by atomic mass is 9.87. The Labute approximate surface area is 118 Å². The minimum Gasteiger partial charge on any atom is -0.393 e. The van der Waals surface area contributed by atoms with E-state index in [9.17, 15) is 9.90 Å². The molecular weight excluding hydrogens is 262 g/mol. The smallest absolute Gasteiger partial charge is 0.264 e. The van der Waals surface area contributed by atoms with E-state index in [1.54, 1.807) is 0 Å². The third-order valence-electron chi connectivity index (χ3n) is 2.95. The molecule has 6 heteroatoms. The highest BCUT2D eigenvalue weighted by molar-refractivity contribution is 7.08. The second-order valence-electron chi connectivity index (χ2n) is 5.73. The van der Waals surface area contributed by atoms with E-state index in [0.717, 1.165) is 30.1 Å². The van der Waals surface area contributed by atoms with Crippen LogP contribution in [0.15, 0.2) is 0 Å². The average Bonchev–Trinajstić information content (AvgIpc) is 2.76. The van der Waals surface area contributed by atoms with Crippen LogP contribution in [0, 0.1) is 5.41 Å². The van der Waals surface area contributed by atoms with Gasteiger partial charge in [-0.05, 0) is 29.8 Å². The molecule has 5 nitrogen and oxygen atoms in total. The summed E-state index contributed by atoms with van der Waals surface area (Å²) in [6.07, 6.45) is 1.82. The monoisotopic (exact) mass is 285 g/mol. The summed E-state index contributed by atoms with van der Waals surface area (Å²) in [4.78, 5) is 12.6. The number of aryl methyl sites for hydroxylation is 1. The van der Waals surface area contributed by atoms with Crippen LogP contribution in [-0.2, 0) is 6.42 Å². The predicted molar refractivity (Wildman–Crippen MR) is 76.3 cm³/mol. The molecule has 1 aromatic heterocycles. The van der Waals surface area contributed by atoms with Crippen LogP contribution in [0.1, 0.15) is 55.9 Å². The van der Waals surface area contributed by atoms with Crippen molar-refractivity contribution in [1.29, 1.82) is 0 Å². The number of aliphatic hydroxyl groups is 1. The Hall–Kier alpha value is -1.01. The van der Waals surface area contributed by atoms with Crippen molar-refractivity contribution in [3.63, 3.8) is 0 Å². The summed E-state index contributed by atoms with van der Waals surface area (Å²) in [7, 11) is 0. The first-order chi connectivity index (χ1) is 8.86.